The molecule has 0 bridgehead atoms. The number of hydrogen-bond donors (Lipinski definition) is 2. The van der Waals surface area contributed by atoms with Gasteiger partial charge in [-0.05, 0) is 12.1 Å². The first kappa shape index (κ1) is 11.5. The first-order valence-corrected chi connectivity index (χ1v) is 4.57. The molecule has 0 saturated carbocycles. The van der Waals surface area contributed by atoms with Crippen LogP contribution in [-0.2, 0) is 4.79 Å². The number of halogens is 1. The SMILES string of the molecule is NCC(=O)NCCOc1cccc(F)c1. The fourth-order valence-electron chi connectivity index (χ4n) is 0.988. The van der Waals surface area contributed by atoms with Crippen LogP contribution in [0.2, 0.25) is 0 Å². The molecule has 1 aromatic rings. The van der Waals surface area contributed by atoms with Crippen molar-refractivity contribution < 1.29 is 13.9 Å². The van der Waals surface area contributed by atoms with E-state index in [4.69, 9.17) is 10.5 Å². The second kappa shape index (κ2) is 5.98. The van der Waals surface area contributed by atoms with E-state index in [0.717, 1.165) is 0 Å². The van der Waals surface area contributed by atoms with Gasteiger partial charge in [0.15, 0.2) is 0 Å². The van der Waals surface area contributed by atoms with Crippen molar-refractivity contribution in [1.29, 1.82) is 0 Å². The molecule has 82 valence electrons. The fraction of sp³-hybridized carbons (Fsp3) is 0.300. The van der Waals surface area contributed by atoms with Gasteiger partial charge in [0.2, 0.25) is 5.91 Å². The van der Waals surface area contributed by atoms with Gasteiger partial charge in [0.1, 0.15) is 18.2 Å². The third-order valence-electron chi connectivity index (χ3n) is 1.67. The van der Waals surface area contributed by atoms with Crippen LogP contribution in [0.5, 0.6) is 5.75 Å². The van der Waals surface area contributed by atoms with Gasteiger partial charge in [-0.15, -0.1) is 0 Å². The lowest BCUT2D eigenvalue weighted by Crippen LogP contribution is -2.33. The Hall–Kier alpha value is -1.62. The van der Waals surface area contributed by atoms with Gasteiger partial charge in [0, 0.05) is 6.07 Å². The summed E-state index contributed by atoms with van der Waals surface area (Å²) in [6, 6.07) is 5.82. The molecule has 0 spiro atoms. The molecule has 0 atom stereocenters. The quantitative estimate of drug-likeness (QED) is 0.689. The van der Waals surface area contributed by atoms with Crippen LogP contribution in [0.25, 0.3) is 0 Å². The molecule has 0 fully saturated rings. The molecule has 0 unspecified atom stereocenters. The summed E-state index contributed by atoms with van der Waals surface area (Å²) < 4.78 is 17.9. The highest BCUT2D eigenvalue weighted by molar-refractivity contribution is 5.77. The van der Waals surface area contributed by atoms with Gasteiger partial charge < -0.3 is 15.8 Å². The minimum Gasteiger partial charge on any atom is -0.492 e. The zero-order chi connectivity index (χ0) is 11.1. The summed E-state index contributed by atoms with van der Waals surface area (Å²) in [5.74, 6) is -0.145. The molecule has 0 saturated heterocycles. The summed E-state index contributed by atoms with van der Waals surface area (Å²) in [6.45, 7) is 0.599. The molecule has 1 aromatic carbocycles. The number of carbonyl (C=O) groups excluding carboxylic acids is 1. The average Bonchev–Trinajstić information content (AvgIpc) is 2.24. The van der Waals surface area contributed by atoms with E-state index in [1.54, 1.807) is 12.1 Å². The molecule has 0 heterocycles. The normalized spacial score (nSPS) is 9.73. The van der Waals surface area contributed by atoms with Gasteiger partial charge in [0.25, 0.3) is 0 Å². The van der Waals surface area contributed by atoms with Crippen LogP contribution in [0.3, 0.4) is 0 Å². The molecular weight excluding hydrogens is 199 g/mol. The number of benzene rings is 1. The maximum atomic E-state index is 12.7. The van der Waals surface area contributed by atoms with Crippen LogP contribution < -0.4 is 15.8 Å². The van der Waals surface area contributed by atoms with E-state index in [0.29, 0.717) is 12.3 Å². The van der Waals surface area contributed by atoms with E-state index in [1.165, 1.54) is 12.1 Å². The molecule has 0 aliphatic carbocycles. The zero-order valence-electron chi connectivity index (χ0n) is 8.20. The highest BCUT2D eigenvalue weighted by atomic mass is 19.1. The predicted molar refractivity (Wildman–Crippen MR) is 54.0 cm³/mol. The van der Waals surface area contributed by atoms with Crippen molar-refractivity contribution in [2.75, 3.05) is 19.7 Å². The van der Waals surface area contributed by atoms with Crippen LogP contribution in [0.15, 0.2) is 24.3 Å². The van der Waals surface area contributed by atoms with Crippen LogP contribution in [-0.4, -0.2) is 25.6 Å². The first-order valence-electron chi connectivity index (χ1n) is 4.57. The van der Waals surface area contributed by atoms with E-state index in [2.05, 4.69) is 5.32 Å². The lowest BCUT2D eigenvalue weighted by atomic mass is 10.3. The zero-order valence-corrected chi connectivity index (χ0v) is 8.20. The fourth-order valence-corrected chi connectivity index (χ4v) is 0.988. The average molecular weight is 212 g/mol. The second-order valence-electron chi connectivity index (χ2n) is 2.86. The molecule has 0 radical (unpaired) electrons. The first-order chi connectivity index (χ1) is 7.22. The summed E-state index contributed by atoms with van der Waals surface area (Å²) in [5, 5.41) is 2.53. The Bertz CT molecular complexity index is 331. The van der Waals surface area contributed by atoms with Gasteiger partial charge in [-0.3, -0.25) is 4.79 Å². The Balaban J connectivity index is 2.23. The van der Waals surface area contributed by atoms with Crippen molar-refractivity contribution in [2.45, 2.75) is 0 Å². The summed E-state index contributed by atoms with van der Waals surface area (Å²) in [6.07, 6.45) is 0. The Kier molecular flexibility index (Phi) is 4.56. The molecule has 0 aliphatic heterocycles. The molecule has 0 aromatic heterocycles. The molecule has 1 amide bonds. The van der Waals surface area contributed by atoms with Gasteiger partial charge in [0.05, 0.1) is 13.1 Å². The highest BCUT2D eigenvalue weighted by Gasteiger charge is 1.97. The summed E-state index contributed by atoms with van der Waals surface area (Å²) in [7, 11) is 0. The third kappa shape index (κ3) is 4.42. The predicted octanol–water partition coefficient (Wildman–Crippen LogP) is 0.279. The maximum absolute atomic E-state index is 12.7. The van der Waals surface area contributed by atoms with E-state index in [9.17, 15) is 9.18 Å². The van der Waals surface area contributed by atoms with Crippen LogP contribution >= 0.6 is 0 Å². The van der Waals surface area contributed by atoms with Crippen LogP contribution in [0.1, 0.15) is 0 Å². The van der Waals surface area contributed by atoms with E-state index in [1.807, 2.05) is 0 Å². The van der Waals surface area contributed by atoms with E-state index >= 15 is 0 Å². The lowest BCUT2D eigenvalue weighted by Gasteiger charge is -2.06. The van der Waals surface area contributed by atoms with Crippen LogP contribution in [0.4, 0.5) is 4.39 Å². The molecule has 0 aliphatic rings. The van der Waals surface area contributed by atoms with Crippen molar-refractivity contribution in [3.05, 3.63) is 30.1 Å². The van der Waals surface area contributed by atoms with Crippen molar-refractivity contribution in [1.82, 2.24) is 5.32 Å². The van der Waals surface area contributed by atoms with Crippen molar-refractivity contribution in [2.24, 2.45) is 5.73 Å². The summed E-state index contributed by atoms with van der Waals surface area (Å²) in [4.78, 5) is 10.7. The molecule has 5 heteroatoms. The van der Waals surface area contributed by atoms with Crippen molar-refractivity contribution >= 4 is 5.91 Å². The Morgan fingerprint density at radius 1 is 1.53 bits per heavy atom. The Labute approximate surface area is 87.2 Å². The van der Waals surface area contributed by atoms with Crippen LogP contribution in [0, 0.1) is 5.82 Å². The minimum atomic E-state index is -0.349. The van der Waals surface area contributed by atoms with Gasteiger partial charge in [-0.2, -0.15) is 0 Å². The van der Waals surface area contributed by atoms with Crippen molar-refractivity contribution in [3.8, 4) is 5.75 Å². The van der Waals surface area contributed by atoms with Gasteiger partial charge >= 0.3 is 0 Å². The topological polar surface area (TPSA) is 64.4 Å². The molecule has 4 nitrogen and oxygen atoms in total. The van der Waals surface area contributed by atoms with Crippen molar-refractivity contribution in [3.63, 3.8) is 0 Å². The minimum absolute atomic E-state index is 0.0417. The smallest absolute Gasteiger partial charge is 0.233 e. The van der Waals surface area contributed by atoms with E-state index in [-0.39, 0.29) is 24.9 Å². The number of nitrogens with one attached hydrogen (secondary N) is 1. The summed E-state index contributed by atoms with van der Waals surface area (Å²) in [5.41, 5.74) is 5.08. The second-order valence-corrected chi connectivity index (χ2v) is 2.86. The maximum Gasteiger partial charge on any atom is 0.233 e. The molecule has 3 N–H and O–H groups in total. The monoisotopic (exact) mass is 212 g/mol. The highest BCUT2D eigenvalue weighted by Crippen LogP contribution is 2.11. The van der Waals surface area contributed by atoms with Gasteiger partial charge in [-0.1, -0.05) is 6.07 Å². The molecule has 15 heavy (non-hydrogen) atoms. The number of nitrogens with two attached hydrogens (primary N) is 1. The number of carbonyl (C=O) groups is 1. The Morgan fingerprint density at radius 2 is 2.33 bits per heavy atom. The van der Waals surface area contributed by atoms with Gasteiger partial charge in [-0.25, -0.2) is 4.39 Å². The molecule has 1 rings (SSSR count). The standard InChI is InChI=1S/C10H13FN2O2/c11-8-2-1-3-9(6-8)15-5-4-13-10(14)7-12/h1-3,6H,4-5,7,12H2,(H,13,14). The number of rotatable bonds is 5. The lowest BCUT2D eigenvalue weighted by molar-refractivity contribution is -0.119. The number of amides is 1. The molecular formula is C10H13FN2O2. The number of ether oxygens (including phenoxy) is 1. The largest absolute Gasteiger partial charge is 0.492 e. The Morgan fingerprint density at radius 3 is 3.00 bits per heavy atom. The van der Waals surface area contributed by atoms with E-state index < -0.39 is 0 Å². The number of hydrogen-bond acceptors (Lipinski definition) is 3. The third-order valence-corrected chi connectivity index (χ3v) is 1.67. The summed E-state index contributed by atoms with van der Waals surface area (Å²) >= 11 is 0.